The Labute approximate surface area is 159 Å². The highest BCUT2D eigenvalue weighted by molar-refractivity contribution is 9.10. The molecule has 4 nitrogen and oxygen atoms in total. The fraction of sp³-hybridized carbons (Fsp3) is 0.190. The zero-order valence-corrected chi connectivity index (χ0v) is 16.1. The summed E-state index contributed by atoms with van der Waals surface area (Å²) < 4.78 is 12.0. The third-order valence-electron chi connectivity index (χ3n) is 5.13. The number of H-pyrrole nitrogens is 1. The molecule has 0 unspecified atom stereocenters. The number of fused-ring (bicyclic) bond motifs is 5. The zero-order chi connectivity index (χ0) is 17.8. The summed E-state index contributed by atoms with van der Waals surface area (Å²) in [5.74, 6) is 1.64. The minimum absolute atomic E-state index is 0.801. The summed E-state index contributed by atoms with van der Waals surface area (Å²) in [5.41, 5.74) is 7.96. The number of benzene rings is 2. The standard InChI is InChI=1S/C21H17BrN2O2/c1-11-3-7-17-15(9-11)13-5-6-14-20(19(13)23-17)24-26-21(14)12-4-8-18(25-2)16(22)10-12/h3-4,7-10,23H,5-6H2,1-2H3. The lowest BCUT2D eigenvalue weighted by molar-refractivity contribution is 0.412. The normalized spacial score (nSPS) is 12.9. The number of nitrogens with one attached hydrogen (secondary N) is 1. The number of hydrogen-bond acceptors (Lipinski definition) is 3. The first-order valence-corrected chi connectivity index (χ1v) is 9.39. The Bertz CT molecular complexity index is 1160. The molecule has 2 aromatic carbocycles. The van der Waals surface area contributed by atoms with Crippen LogP contribution in [0.3, 0.4) is 0 Å². The van der Waals surface area contributed by atoms with Gasteiger partial charge in [0.15, 0.2) is 5.76 Å². The van der Waals surface area contributed by atoms with Gasteiger partial charge in [-0.3, -0.25) is 0 Å². The predicted molar refractivity (Wildman–Crippen MR) is 106 cm³/mol. The van der Waals surface area contributed by atoms with Gasteiger partial charge in [0.25, 0.3) is 0 Å². The Kier molecular flexibility index (Phi) is 3.47. The van der Waals surface area contributed by atoms with E-state index in [1.54, 1.807) is 7.11 Å². The SMILES string of the molecule is COc1ccc(-c2onc3c2CCc2c-3[nH]c3ccc(C)cc23)cc1Br. The van der Waals surface area contributed by atoms with Crippen LogP contribution in [-0.2, 0) is 12.8 Å². The van der Waals surface area contributed by atoms with E-state index < -0.39 is 0 Å². The zero-order valence-electron chi connectivity index (χ0n) is 14.5. The molecule has 0 saturated carbocycles. The van der Waals surface area contributed by atoms with Crippen LogP contribution < -0.4 is 4.74 Å². The number of halogens is 1. The first-order valence-electron chi connectivity index (χ1n) is 8.59. The van der Waals surface area contributed by atoms with Crippen LogP contribution in [0.4, 0.5) is 0 Å². The Morgan fingerprint density at radius 1 is 1.12 bits per heavy atom. The summed E-state index contributed by atoms with van der Waals surface area (Å²) in [5, 5.41) is 5.71. The average molecular weight is 409 g/mol. The van der Waals surface area contributed by atoms with Crippen molar-refractivity contribution in [2.45, 2.75) is 19.8 Å². The van der Waals surface area contributed by atoms with E-state index in [0.717, 1.165) is 56.9 Å². The summed E-state index contributed by atoms with van der Waals surface area (Å²) in [6, 6.07) is 12.5. The lowest BCUT2D eigenvalue weighted by Gasteiger charge is -2.12. The largest absolute Gasteiger partial charge is 0.496 e. The maximum absolute atomic E-state index is 5.78. The van der Waals surface area contributed by atoms with Gasteiger partial charge >= 0.3 is 0 Å². The van der Waals surface area contributed by atoms with Gasteiger partial charge in [0, 0.05) is 22.0 Å². The fourth-order valence-electron chi connectivity index (χ4n) is 3.85. The maximum atomic E-state index is 5.78. The quantitative estimate of drug-likeness (QED) is 0.464. The van der Waals surface area contributed by atoms with Crippen LogP contribution >= 0.6 is 15.9 Å². The Morgan fingerprint density at radius 3 is 2.77 bits per heavy atom. The van der Waals surface area contributed by atoms with Gasteiger partial charge in [0.2, 0.25) is 0 Å². The molecule has 0 amide bonds. The van der Waals surface area contributed by atoms with Crippen LogP contribution in [0, 0.1) is 6.92 Å². The molecule has 0 radical (unpaired) electrons. The lowest BCUT2D eigenvalue weighted by atomic mass is 9.91. The minimum atomic E-state index is 0.801. The van der Waals surface area contributed by atoms with E-state index in [1.165, 1.54) is 16.5 Å². The summed E-state index contributed by atoms with van der Waals surface area (Å²) in [6.45, 7) is 2.13. The van der Waals surface area contributed by atoms with E-state index in [0.29, 0.717) is 0 Å². The van der Waals surface area contributed by atoms with Gasteiger partial charge in [0.05, 0.1) is 17.3 Å². The number of rotatable bonds is 2. The molecule has 26 heavy (non-hydrogen) atoms. The molecule has 1 aliphatic rings. The number of methoxy groups -OCH3 is 1. The first-order chi connectivity index (χ1) is 12.7. The molecular weight excluding hydrogens is 392 g/mol. The number of ether oxygens (including phenoxy) is 1. The third kappa shape index (κ3) is 2.23. The van der Waals surface area contributed by atoms with Crippen molar-refractivity contribution in [1.29, 1.82) is 0 Å². The van der Waals surface area contributed by atoms with Gasteiger partial charge in [-0.25, -0.2) is 0 Å². The van der Waals surface area contributed by atoms with Crippen LogP contribution in [0.2, 0.25) is 0 Å². The van der Waals surface area contributed by atoms with Crippen molar-refractivity contribution in [1.82, 2.24) is 10.1 Å². The van der Waals surface area contributed by atoms with Crippen LogP contribution in [-0.4, -0.2) is 17.3 Å². The monoisotopic (exact) mass is 408 g/mol. The minimum Gasteiger partial charge on any atom is -0.496 e. The second-order valence-corrected chi connectivity index (χ2v) is 7.57. The molecule has 0 aliphatic heterocycles. The molecule has 0 spiro atoms. The van der Waals surface area contributed by atoms with Gasteiger partial charge in [-0.1, -0.05) is 16.8 Å². The van der Waals surface area contributed by atoms with Gasteiger partial charge in [-0.15, -0.1) is 0 Å². The number of aromatic amines is 1. The van der Waals surface area contributed by atoms with Crippen molar-refractivity contribution < 1.29 is 9.26 Å². The van der Waals surface area contributed by atoms with Crippen LogP contribution in [0.1, 0.15) is 16.7 Å². The molecule has 5 rings (SSSR count). The van der Waals surface area contributed by atoms with E-state index in [1.807, 2.05) is 18.2 Å². The topological polar surface area (TPSA) is 51.1 Å². The van der Waals surface area contributed by atoms with Crippen molar-refractivity contribution in [3.05, 3.63) is 57.6 Å². The molecule has 0 atom stereocenters. The Balaban J connectivity index is 1.66. The molecule has 130 valence electrons. The van der Waals surface area contributed by atoms with Gasteiger partial charge in [0.1, 0.15) is 11.4 Å². The second-order valence-electron chi connectivity index (χ2n) is 6.72. The summed E-state index contributed by atoms with van der Waals surface area (Å²) >= 11 is 3.55. The lowest BCUT2D eigenvalue weighted by Crippen LogP contribution is -2.02. The van der Waals surface area contributed by atoms with Gasteiger partial charge < -0.3 is 14.2 Å². The second kappa shape index (κ2) is 5.74. The smallest absolute Gasteiger partial charge is 0.170 e. The number of aromatic nitrogens is 2. The molecule has 4 aromatic rings. The molecule has 1 aliphatic carbocycles. The predicted octanol–water partition coefficient (Wildman–Crippen LogP) is 5.67. The highest BCUT2D eigenvalue weighted by atomic mass is 79.9. The molecule has 5 heteroatoms. The molecule has 2 aromatic heterocycles. The number of aryl methyl sites for hydroxylation is 2. The van der Waals surface area contributed by atoms with Crippen LogP contribution in [0.25, 0.3) is 33.6 Å². The molecular formula is C21H17BrN2O2. The van der Waals surface area contributed by atoms with Crippen LogP contribution in [0.15, 0.2) is 45.4 Å². The highest BCUT2D eigenvalue weighted by Crippen LogP contribution is 2.42. The number of hydrogen-bond donors (Lipinski definition) is 1. The van der Waals surface area contributed by atoms with Crippen molar-refractivity contribution in [2.75, 3.05) is 7.11 Å². The summed E-state index contributed by atoms with van der Waals surface area (Å²) in [6.07, 6.45) is 1.91. The molecule has 0 saturated heterocycles. The molecule has 0 fully saturated rings. The highest BCUT2D eigenvalue weighted by Gasteiger charge is 2.28. The Hall–Kier alpha value is -2.53. The van der Waals surface area contributed by atoms with Crippen molar-refractivity contribution in [3.8, 4) is 28.5 Å². The molecule has 1 N–H and O–H groups in total. The third-order valence-corrected chi connectivity index (χ3v) is 5.75. The van der Waals surface area contributed by atoms with E-state index in [9.17, 15) is 0 Å². The van der Waals surface area contributed by atoms with E-state index >= 15 is 0 Å². The Morgan fingerprint density at radius 2 is 1.96 bits per heavy atom. The van der Waals surface area contributed by atoms with E-state index in [-0.39, 0.29) is 0 Å². The summed E-state index contributed by atoms with van der Waals surface area (Å²) in [7, 11) is 1.66. The average Bonchev–Trinajstić information content (AvgIpc) is 3.22. The van der Waals surface area contributed by atoms with Gasteiger partial charge in [-0.2, -0.15) is 0 Å². The van der Waals surface area contributed by atoms with Crippen molar-refractivity contribution in [3.63, 3.8) is 0 Å². The van der Waals surface area contributed by atoms with Gasteiger partial charge in [-0.05, 0) is 71.6 Å². The van der Waals surface area contributed by atoms with Crippen molar-refractivity contribution >= 4 is 26.8 Å². The summed E-state index contributed by atoms with van der Waals surface area (Å²) in [4.78, 5) is 3.54. The van der Waals surface area contributed by atoms with Crippen molar-refractivity contribution in [2.24, 2.45) is 0 Å². The van der Waals surface area contributed by atoms with E-state index in [2.05, 4.69) is 51.2 Å². The molecule has 2 heterocycles. The van der Waals surface area contributed by atoms with Crippen LogP contribution in [0.5, 0.6) is 5.75 Å². The molecule has 0 bridgehead atoms. The fourth-order valence-corrected chi connectivity index (χ4v) is 4.39. The van der Waals surface area contributed by atoms with E-state index in [4.69, 9.17) is 9.26 Å². The first kappa shape index (κ1) is 15.7. The maximum Gasteiger partial charge on any atom is 0.170 e. The number of nitrogens with zero attached hydrogens (tertiary/aromatic N) is 1.